The van der Waals surface area contributed by atoms with Gasteiger partial charge in [-0.25, -0.2) is 0 Å². The standard InChI is InChI=1S/C15H32O5/c1-4-6-10-19-12-13(20-11-7-5-2)8-9-14(16)15(17)18-3/h13-17H,4-12H2,1-3H3/t13?,14-,15-/m1/s1. The third-order valence-electron chi connectivity index (χ3n) is 3.15. The van der Waals surface area contributed by atoms with Crippen molar-refractivity contribution < 1.29 is 24.4 Å². The Morgan fingerprint density at radius 3 is 2.20 bits per heavy atom. The van der Waals surface area contributed by atoms with Crippen molar-refractivity contribution in [2.24, 2.45) is 0 Å². The number of rotatable bonds is 14. The molecule has 0 saturated carbocycles. The van der Waals surface area contributed by atoms with Crippen molar-refractivity contribution in [3.05, 3.63) is 0 Å². The summed E-state index contributed by atoms with van der Waals surface area (Å²) >= 11 is 0. The minimum atomic E-state index is -1.13. The van der Waals surface area contributed by atoms with E-state index in [1.807, 2.05) is 0 Å². The summed E-state index contributed by atoms with van der Waals surface area (Å²) in [5, 5.41) is 19.0. The number of unbranched alkanes of at least 4 members (excludes halogenated alkanes) is 2. The van der Waals surface area contributed by atoms with Gasteiger partial charge in [-0.05, 0) is 25.7 Å². The van der Waals surface area contributed by atoms with E-state index in [-0.39, 0.29) is 6.10 Å². The van der Waals surface area contributed by atoms with E-state index in [4.69, 9.17) is 9.47 Å². The summed E-state index contributed by atoms with van der Waals surface area (Å²) in [6.07, 6.45) is 3.31. The molecule has 0 bridgehead atoms. The van der Waals surface area contributed by atoms with Crippen LogP contribution in [0.4, 0.5) is 0 Å². The van der Waals surface area contributed by atoms with E-state index in [0.29, 0.717) is 26.1 Å². The van der Waals surface area contributed by atoms with Gasteiger partial charge in [0.2, 0.25) is 0 Å². The highest BCUT2D eigenvalue weighted by atomic mass is 16.6. The molecular weight excluding hydrogens is 260 g/mol. The van der Waals surface area contributed by atoms with Crippen LogP contribution in [0.25, 0.3) is 0 Å². The maximum atomic E-state index is 9.68. The second kappa shape index (κ2) is 13.8. The van der Waals surface area contributed by atoms with Crippen LogP contribution in [0.3, 0.4) is 0 Å². The van der Waals surface area contributed by atoms with Crippen LogP contribution in [0.2, 0.25) is 0 Å². The molecule has 5 nitrogen and oxygen atoms in total. The summed E-state index contributed by atoms with van der Waals surface area (Å²) in [7, 11) is 1.37. The van der Waals surface area contributed by atoms with Crippen LogP contribution in [0.1, 0.15) is 52.4 Å². The maximum absolute atomic E-state index is 9.68. The Kier molecular flexibility index (Phi) is 13.6. The number of hydrogen-bond acceptors (Lipinski definition) is 5. The van der Waals surface area contributed by atoms with Gasteiger partial charge in [0.25, 0.3) is 0 Å². The normalized spacial score (nSPS) is 16.1. The van der Waals surface area contributed by atoms with Crippen LogP contribution in [-0.4, -0.2) is 55.6 Å². The van der Waals surface area contributed by atoms with Crippen molar-refractivity contribution in [2.75, 3.05) is 26.9 Å². The van der Waals surface area contributed by atoms with Gasteiger partial charge in [0.1, 0.15) is 6.10 Å². The third-order valence-corrected chi connectivity index (χ3v) is 3.15. The van der Waals surface area contributed by atoms with Crippen LogP contribution < -0.4 is 0 Å². The van der Waals surface area contributed by atoms with E-state index >= 15 is 0 Å². The van der Waals surface area contributed by atoms with E-state index in [9.17, 15) is 10.2 Å². The van der Waals surface area contributed by atoms with Gasteiger partial charge in [0.15, 0.2) is 6.29 Å². The SMILES string of the molecule is CCCCOCC(CC[C@@H](O)[C@H](O)OC)OCCCC. The van der Waals surface area contributed by atoms with Gasteiger partial charge in [-0.15, -0.1) is 0 Å². The Bertz CT molecular complexity index is 201. The Balaban J connectivity index is 3.95. The Morgan fingerprint density at radius 1 is 0.950 bits per heavy atom. The Morgan fingerprint density at radius 2 is 1.60 bits per heavy atom. The highest BCUT2D eigenvalue weighted by Gasteiger charge is 2.18. The van der Waals surface area contributed by atoms with Crippen molar-refractivity contribution >= 4 is 0 Å². The molecule has 0 aromatic carbocycles. The summed E-state index contributed by atoms with van der Waals surface area (Å²) in [4.78, 5) is 0. The van der Waals surface area contributed by atoms with Crippen molar-refractivity contribution in [1.82, 2.24) is 0 Å². The van der Waals surface area contributed by atoms with Gasteiger partial charge in [-0.3, -0.25) is 0 Å². The van der Waals surface area contributed by atoms with Crippen molar-refractivity contribution in [1.29, 1.82) is 0 Å². The molecule has 0 fully saturated rings. The average molecular weight is 292 g/mol. The van der Waals surface area contributed by atoms with Crippen LogP contribution in [0.5, 0.6) is 0 Å². The molecule has 1 unspecified atom stereocenters. The molecule has 5 heteroatoms. The summed E-state index contributed by atoms with van der Waals surface area (Å²) < 4.78 is 16.0. The van der Waals surface area contributed by atoms with Crippen LogP contribution in [0, 0.1) is 0 Å². The molecule has 0 aliphatic heterocycles. The fourth-order valence-corrected chi connectivity index (χ4v) is 1.73. The molecule has 2 N–H and O–H groups in total. The molecule has 20 heavy (non-hydrogen) atoms. The molecule has 0 heterocycles. The first-order chi connectivity index (χ1) is 9.65. The molecule has 0 radical (unpaired) electrons. The molecule has 122 valence electrons. The number of methoxy groups -OCH3 is 1. The first kappa shape index (κ1) is 19.8. The van der Waals surface area contributed by atoms with E-state index in [0.717, 1.165) is 32.3 Å². The van der Waals surface area contributed by atoms with E-state index in [2.05, 4.69) is 18.6 Å². The van der Waals surface area contributed by atoms with Gasteiger partial charge in [-0.1, -0.05) is 26.7 Å². The molecule has 0 aromatic rings. The zero-order chi connectivity index (χ0) is 15.2. The molecule has 0 amide bonds. The summed E-state index contributed by atoms with van der Waals surface area (Å²) in [6.45, 7) is 6.24. The zero-order valence-corrected chi connectivity index (χ0v) is 13.2. The maximum Gasteiger partial charge on any atom is 0.180 e. The molecule has 3 atom stereocenters. The first-order valence-electron chi connectivity index (χ1n) is 7.73. The number of ether oxygens (including phenoxy) is 3. The lowest BCUT2D eigenvalue weighted by atomic mass is 10.1. The van der Waals surface area contributed by atoms with Gasteiger partial charge >= 0.3 is 0 Å². The minimum Gasteiger partial charge on any atom is -0.388 e. The smallest absolute Gasteiger partial charge is 0.180 e. The monoisotopic (exact) mass is 292 g/mol. The average Bonchev–Trinajstić information content (AvgIpc) is 2.47. The summed E-state index contributed by atoms with van der Waals surface area (Å²) in [5.74, 6) is 0. The van der Waals surface area contributed by atoms with E-state index in [1.165, 1.54) is 7.11 Å². The third kappa shape index (κ3) is 10.6. The second-order valence-corrected chi connectivity index (χ2v) is 5.05. The highest BCUT2D eigenvalue weighted by Crippen LogP contribution is 2.10. The second-order valence-electron chi connectivity index (χ2n) is 5.05. The first-order valence-corrected chi connectivity index (χ1v) is 7.73. The largest absolute Gasteiger partial charge is 0.388 e. The lowest BCUT2D eigenvalue weighted by Gasteiger charge is -2.21. The van der Waals surface area contributed by atoms with Crippen LogP contribution >= 0.6 is 0 Å². The number of aliphatic hydroxyl groups excluding tert-OH is 2. The van der Waals surface area contributed by atoms with Crippen LogP contribution in [0.15, 0.2) is 0 Å². The topological polar surface area (TPSA) is 68.2 Å². The van der Waals surface area contributed by atoms with Crippen molar-refractivity contribution in [3.8, 4) is 0 Å². The molecule has 0 rings (SSSR count). The quantitative estimate of drug-likeness (QED) is 0.379. The van der Waals surface area contributed by atoms with Gasteiger partial charge in [0.05, 0.1) is 12.7 Å². The number of hydrogen-bond donors (Lipinski definition) is 2. The molecule has 0 spiro atoms. The Labute approximate surface area is 123 Å². The van der Waals surface area contributed by atoms with E-state index in [1.54, 1.807) is 0 Å². The highest BCUT2D eigenvalue weighted by molar-refractivity contribution is 4.65. The molecule has 0 saturated heterocycles. The van der Waals surface area contributed by atoms with Crippen LogP contribution in [-0.2, 0) is 14.2 Å². The van der Waals surface area contributed by atoms with Gasteiger partial charge in [-0.2, -0.15) is 0 Å². The van der Waals surface area contributed by atoms with Crippen molar-refractivity contribution in [3.63, 3.8) is 0 Å². The fraction of sp³-hybridized carbons (Fsp3) is 1.00. The minimum absolute atomic E-state index is 0.0305. The van der Waals surface area contributed by atoms with Gasteiger partial charge in [0, 0.05) is 20.3 Å². The van der Waals surface area contributed by atoms with Crippen molar-refractivity contribution in [2.45, 2.75) is 70.9 Å². The molecular formula is C15H32O5. The van der Waals surface area contributed by atoms with Gasteiger partial charge < -0.3 is 24.4 Å². The number of aliphatic hydroxyl groups is 2. The predicted octanol–water partition coefficient (Wildman–Crippen LogP) is 2.09. The lowest BCUT2D eigenvalue weighted by Crippen LogP contribution is -2.30. The van der Waals surface area contributed by atoms with E-state index < -0.39 is 12.4 Å². The predicted molar refractivity (Wildman–Crippen MR) is 78.6 cm³/mol. The molecule has 0 aromatic heterocycles. The zero-order valence-electron chi connectivity index (χ0n) is 13.2. The molecule has 0 aliphatic rings. The summed E-state index contributed by atoms with van der Waals surface area (Å²) in [6, 6.07) is 0. The lowest BCUT2D eigenvalue weighted by molar-refractivity contribution is -0.149. The Hall–Kier alpha value is -0.200. The molecule has 0 aliphatic carbocycles. The summed E-state index contributed by atoms with van der Waals surface area (Å²) in [5.41, 5.74) is 0. The fourth-order valence-electron chi connectivity index (χ4n) is 1.73.